The van der Waals surface area contributed by atoms with Gasteiger partial charge in [0.25, 0.3) is 0 Å². The summed E-state index contributed by atoms with van der Waals surface area (Å²) >= 11 is 2.88. The van der Waals surface area contributed by atoms with E-state index in [0.717, 1.165) is 12.1 Å². The van der Waals surface area contributed by atoms with E-state index in [1.807, 2.05) is 0 Å². The summed E-state index contributed by atoms with van der Waals surface area (Å²) < 4.78 is 27.0. The van der Waals surface area contributed by atoms with Gasteiger partial charge in [0.05, 0.1) is 10.2 Å². The summed E-state index contributed by atoms with van der Waals surface area (Å²) in [6, 6.07) is 2.00. The summed E-state index contributed by atoms with van der Waals surface area (Å²) in [4.78, 5) is 12.8. The number of carbonyl (C=O) groups is 1. The molecule has 2 nitrogen and oxygen atoms in total. The van der Waals surface area contributed by atoms with Crippen molar-refractivity contribution in [2.24, 2.45) is 5.92 Å². The van der Waals surface area contributed by atoms with Crippen LogP contribution in [0.3, 0.4) is 0 Å². The Hall–Kier alpha value is -1.41. The van der Waals surface area contributed by atoms with Crippen LogP contribution < -0.4 is 4.90 Å². The standard InChI is InChI=1S/C12H8BrF2NO/c1-2-7-3-12(17)16(6-7)11-5-9(14)8(13)4-10(11)15/h1,4-5,7H,3,6H2. The Morgan fingerprint density at radius 3 is 2.71 bits per heavy atom. The number of halogens is 3. The van der Waals surface area contributed by atoms with Crippen molar-refractivity contribution < 1.29 is 13.6 Å². The minimum atomic E-state index is -0.649. The van der Waals surface area contributed by atoms with Crippen molar-refractivity contribution in [1.82, 2.24) is 0 Å². The Morgan fingerprint density at radius 1 is 1.41 bits per heavy atom. The predicted octanol–water partition coefficient (Wildman–Crippen LogP) is 2.71. The molecule has 17 heavy (non-hydrogen) atoms. The second-order valence-corrected chi connectivity index (χ2v) is 4.64. The first-order chi connectivity index (χ1) is 8.02. The second-order valence-electron chi connectivity index (χ2n) is 3.79. The van der Waals surface area contributed by atoms with Crippen LogP contribution in [-0.2, 0) is 4.79 Å². The summed E-state index contributed by atoms with van der Waals surface area (Å²) in [6.07, 6.45) is 5.40. The van der Waals surface area contributed by atoms with Gasteiger partial charge in [-0.25, -0.2) is 8.78 Å². The lowest BCUT2D eigenvalue weighted by Gasteiger charge is -2.17. The molecule has 2 rings (SSSR count). The number of terminal acetylenes is 1. The summed E-state index contributed by atoms with van der Waals surface area (Å²) in [5.41, 5.74) is -0.0616. The maximum Gasteiger partial charge on any atom is 0.228 e. The molecule has 1 saturated heterocycles. The quantitative estimate of drug-likeness (QED) is 0.577. The van der Waals surface area contributed by atoms with Crippen LogP contribution >= 0.6 is 15.9 Å². The average molecular weight is 300 g/mol. The largest absolute Gasteiger partial charge is 0.308 e. The Labute approximate surface area is 106 Å². The molecule has 1 heterocycles. The minimum Gasteiger partial charge on any atom is -0.308 e. The highest BCUT2D eigenvalue weighted by molar-refractivity contribution is 9.10. The molecule has 0 aliphatic carbocycles. The van der Waals surface area contributed by atoms with Crippen LogP contribution in [0.5, 0.6) is 0 Å². The molecule has 0 spiro atoms. The van der Waals surface area contributed by atoms with Gasteiger partial charge in [-0.3, -0.25) is 4.79 Å². The van der Waals surface area contributed by atoms with E-state index in [2.05, 4.69) is 21.9 Å². The molecular weight excluding hydrogens is 292 g/mol. The summed E-state index contributed by atoms with van der Waals surface area (Å²) in [5.74, 6) is 0.664. The van der Waals surface area contributed by atoms with E-state index in [0.29, 0.717) is 0 Å². The van der Waals surface area contributed by atoms with Gasteiger partial charge in [-0.1, -0.05) is 0 Å². The van der Waals surface area contributed by atoms with E-state index < -0.39 is 11.6 Å². The molecule has 1 aliphatic heterocycles. The maximum absolute atomic E-state index is 13.6. The van der Waals surface area contributed by atoms with E-state index in [9.17, 15) is 13.6 Å². The first-order valence-electron chi connectivity index (χ1n) is 4.94. The minimum absolute atomic E-state index is 0.0268. The zero-order chi connectivity index (χ0) is 12.6. The van der Waals surface area contributed by atoms with Crippen LogP contribution in [0, 0.1) is 29.9 Å². The molecule has 1 fully saturated rings. The van der Waals surface area contributed by atoms with Crippen LogP contribution in [0.4, 0.5) is 14.5 Å². The van der Waals surface area contributed by atoms with Crippen LogP contribution in [0.2, 0.25) is 0 Å². The first-order valence-corrected chi connectivity index (χ1v) is 5.73. The zero-order valence-corrected chi connectivity index (χ0v) is 10.3. The van der Waals surface area contributed by atoms with Crippen LogP contribution in [-0.4, -0.2) is 12.5 Å². The summed E-state index contributed by atoms with van der Waals surface area (Å²) in [6.45, 7) is 0.229. The highest BCUT2D eigenvalue weighted by Crippen LogP contribution is 2.30. The fraction of sp³-hybridized carbons (Fsp3) is 0.250. The van der Waals surface area contributed by atoms with Crippen molar-refractivity contribution in [2.75, 3.05) is 11.4 Å². The summed E-state index contributed by atoms with van der Waals surface area (Å²) in [7, 11) is 0. The second kappa shape index (κ2) is 4.46. The third-order valence-electron chi connectivity index (χ3n) is 2.64. The van der Waals surface area contributed by atoms with E-state index in [1.165, 1.54) is 4.90 Å². The monoisotopic (exact) mass is 299 g/mol. The normalized spacial score (nSPS) is 19.5. The van der Waals surface area contributed by atoms with E-state index in [1.54, 1.807) is 0 Å². The van der Waals surface area contributed by atoms with Gasteiger partial charge >= 0.3 is 0 Å². The molecule has 1 unspecified atom stereocenters. The third kappa shape index (κ3) is 2.18. The molecule has 0 radical (unpaired) electrons. The molecule has 1 atom stereocenters. The predicted molar refractivity (Wildman–Crippen MR) is 63.4 cm³/mol. The third-order valence-corrected chi connectivity index (χ3v) is 3.25. The Kier molecular flexibility index (Phi) is 3.16. The Morgan fingerprint density at radius 2 is 2.12 bits per heavy atom. The smallest absolute Gasteiger partial charge is 0.228 e. The van der Waals surface area contributed by atoms with Crippen molar-refractivity contribution in [3.8, 4) is 12.3 Å². The fourth-order valence-corrected chi connectivity index (χ4v) is 2.09. The number of carbonyl (C=O) groups excluding carboxylic acids is 1. The number of hydrogen-bond acceptors (Lipinski definition) is 1. The lowest BCUT2D eigenvalue weighted by Crippen LogP contribution is -2.25. The molecule has 0 N–H and O–H groups in total. The molecule has 1 amide bonds. The lowest BCUT2D eigenvalue weighted by atomic mass is 10.1. The molecule has 1 aromatic rings. The Balaban J connectivity index is 2.39. The highest BCUT2D eigenvalue weighted by atomic mass is 79.9. The van der Waals surface area contributed by atoms with Gasteiger partial charge in [0, 0.05) is 24.9 Å². The van der Waals surface area contributed by atoms with Gasteiger partial charge in [-0.2, -0.15) is 0 Å². The van der Waals surface area contributed by atoms with Crippen LogP contribution in [0.1, 0.15) is 6.42 Å². The number of benzene rings is 1. The number of hydrogen-bond donors (Lipinski definition) is 0. The molecule has 0 bridgehead atoms. The maximum atomic E-state index is 13.6. The topological polar surface area (TPSA) is 20.3 Å². The van der Waals surface area contributed by atoms with E-state index in [4.69, 9.17) is 6.42 Å². The van der Waals surface area contributed by atoms with Crippen molar-refractivity contribution in [1.29, 1.82) is 0 Å². The van der Waals surface area contributed by atoms with Gasteiger partial charge in [0.15, 0.2) is 0 Å². The van der Waals surface area contributed by atoms with Crippen LogP contribution in [0.15, 0.2) is 16.6 Å². The molecule has 88 valence electrons. The number of amides is 1. The van der Waals surface area contributed by atoms with Gasteiger partial charge in [0.2, 0.25) is 5.91 Å². The number of nitrogens with zero attached hydrogens (tertiary/aromatic N) is 1. The number of rotatable bonds is 1. The average Bonchev–Trinajstić information content (AvgIpc) is 2.65. The molecule has 1 aliphatic rings. The summed E-state index contributed by atoms with van der Waals surface area (Å²) in [5, 5.41) is 0. The fourth-order valence-electron chi connectivity index (χ4n) is 1.77. The van der Waals surface area contributed by atoms with Gasteiger partial charge in [-0.05, 0) is 22.0 Å². The molecule has 5 heteroatoms. The van der Waals surface area contributed by atoms with Gasteiger partial charge in [-0.15, -0.1) is 12.3 Å². The highest BCUT2D eigenvalue weighted by Gasteiger charge is 2.31. The van der Waals surface area contributed by atoms with E-state index >= 15 is 0 Å². The van der Waals surface area contributed by atoms with Crippen molar-refractivity contribution in [3.63, 3.8) is 0 Å². The van der Waals surface area contributed by atoms with Crippen molar-refractivity contribution in [2.45, 2.75) is 6.42 Å². The van der Waals surface area contributed by atoms with Gasteiger partial charge < -0.3 is 4.90 Å². The SMILES string of the molecule is C#CC1CC(=O)N(c2cc(F)c(Br)cc2F)C1. The number of anilines is 1. The van der Waals surface area contributed by atoms with Crippen molar-refractivity contribution >= 4 is 27.5 Å². The lowest BCUT2D eigenvalue weighted by molar-refractivity contribution is -0.117. The molecule has 0 saturated carbocycles. The van der Waals surface area contributed by atoms with E-state index in [-0.39, 0.29) is 35.0 Å². The Bertz CT molecular complexity index is 524. The molecular formula is C12H8BrF2NO. The van der Waals surface area contributed by atoms with Gasteiger partial charge in [0.1, 0.15) is 11.6 Å². The van der Waals surface area contributed by atoms with Crippen molar-refractivity contribution in [3.05, 3.63) is 28.2 Å². The first kappa shape index (κ1) is 12.1. The molecule has 0 aromatic heterocycles. The zero-order valence-electron chi connectivity index (χ0n) is 8.71. The van der Waals surface area contributed by atoms with Crippen LogP contribution in [0.25, 0.3) is 0 Å². The molecule has 1 aromatic carbocycles.